The lowest BCUT2D eigenvalue weighted by Gasteiger charge is -2.27. The first-order valence-corrected chi connectivity index (χ1v) is 7.08. The SMILES string of the molecule is CCOc1cc(N)cc(N2CCCCCCC2)c1. The molecule has 1 aromatic carbocycles. The van der Waals surface area contributed by atoms with Crippen molar-refractivity contribution < 1.29 is 4.74 Å². The molecule has 1 aromatic rings. The highest BCUT2D eigenvalue weighted by atomic mass is 16.5. The highest BCUT2D eigenvalue weighted by Gasteiger charge is 2.10. The molecule has 0 amide bonds. The third-order valence-electron chi connectivity index (χ3n) is 3.45. The van der Waals surface area contributed by atoms with E-state index in [-0.39, 0.29) is 0 Å². The number of rotatable bonds is 3. The third-order valence-corrected chi connectivity index (χ3v) is 3.45. The summed E-state index contributed by atoms with van der Waals surface area (Å²) in [7, 11) is 0. The number of ether oxygens (including phenoxy) is 1. The monoisotopic (exact) mass is 248 g/mol. The summed E-state index contributed by atoms with van der Waals surface area (Å²) in [5, 5.41) is 0. The molecular formula is C15H24N2O. The Hall–Kier alpha value is -1.38. The Morgan fingerprint density at radius 2 is 1.72 bits per heavy atom. The fraction of sp³-hybridized carbons (Fsp3) is 0.600. The lowest BCUT2D eigenvalue weighted by atomic mass is 10.1. The van der Waals surface area contributed by atoms with Crippen LogP contribution >= 0.6 is 0 Å². The van der Waals surface area contributed by atoms with Gasteiger partial charge < -0.3 is 15.4 Å². The van der Waals surface area contributed by atoms with Crippen molar-refractivity contribution in [2.45, 2.75) is 39.0 Å². The number of benzene rings is 1. The van der Waals surface area contributed by atoms with E-state index in [1.54, 1.807) is 0 Å². The lowest BCUT2D eigenvalue weighted by molar-refractivity contribution is 0.340. The standard InChI is InChI=1S/C15H24N2O/c1-2-18-15-11-13(16)10-14(12-15)17-8-6-4-3-5-7-9-17/h10-12H,2-9,16H2,1H3. The van der Waals surface area contributed by atoms with Crippen molar-refractivity contribution in [1.82, 2.24) is 0 Å². The van der Waals surface area contributed by atoms with Gasteiger partial charge in [0.1, 0.15) is 5.75 Å². The van der Waals surface area contributed by atoms with E-state index in [0.717, 1.165) is 24.5 Å². The zero-order valence-electron chi connectivity index (χ0n) is 11.3. The summed E-state index contributed by atoms with van der Waals surface area (Å²) in [5.74, 6) is 0.884. The average molecular weight is 248 g/mol. The van der Waals surface area contributed by atoms with Crippen molar-refractivity contribution in [2.75, 3.05) is 30.3 Å². The topological polar surface area (TPSA) is 38.5 Å². The summed E-state index contributed by atoms with van der Waals surface area (Å²) in [5.41, 5.74) is 7.96. The second-order valence-electron chi connectivity index (χ2n) is 4.95. The largest absolute Gasteiger partial charge is 0.494 e. The molecule has 2 rings (SSSR count). The fourth-order valence-electron chi connectivity index (χ4n) is 2.54. The molecule has 18 heavy (non-hydrogen) atoms. The molecule has 0 radical (unpaired) electrons. The van der Waals surface area contributed by atoms with Gasteiger partial charge in [0, 0.05) is 36.6 Å². The van der Waals surface area contributed by atoms with Gasteiger partial charge >= 0.3 is 0 Å². The number of nitrogen functional groups attached to an aromatic ring is 1. The molecule has 1 heterocycles. The molecule has 0 saturated carbocycles. The second-order valence-corrected chi connectivity index (χ2v) is 4.95. The van der Waals surface area contributed by atoms with Crippen LogP contribution in [-0.4, -0.2) is 19.7 Å². The smallest absolute Gasteiger partial charge is 0.123 e. The van der Waals surface area contributed by atoms with Gasteiger partial charge in [-0.25, -0.2) is 0 Å². The molecular weight excluding hydrogens is 224 g/mol. The first-order valence-electron chi connectivity index (χ1n) is 7.08. The molecule has 0 unspecified atom stereocenters. The first kappa shape index (κ1) is 13.1. The van der Waals surface area contributed by atoms with Gasteiger partial charge in [-0.3, -0.25) is 0 Å². The summed E-state index contributed by atoms with van der Waals surface area (Å²) >= 11 is 0. The molecule has 100 valence electrons. The molecule has 0 spiro atoms. The van der Waals surface area contributed by atoms with Gasteiger partial charge in [0.2, 0.25) is 0 Å². The number of hydrogen-bond donors (Lipinski definition) is 1. The van der Waals surface area contributed by atoms with Gasteiger partial charge in [-0.05, 0) is 25.8 Å². The van der Waals surface area contributed by atoms with E-state index in [0.29, 0.717) is 6.61 Å². The van der Waals surface area contributed by atoms with Crippen molar-refractivity contribution >= 4 is 11.4 Å². The Morgan fingerprint density at radius 3 is 2.39 bits per heavy atom. The van der Waals surface area contributed by atoms with E-state index in [2.05, 4.69) is 17.0 Å². The van der Waals surface area contributed by atoms with Gasteiger partial charge in [-0.15, -0.1) is 0 Å². The zero-order valence-corrected chi connectivity index (χ0v) is 11.3. The minimum absolute atomic E-state index is 0.683. The minimum Gasteiger partial charge on any atom is -0.494 e. The van der Waals surface area contributed by atoms with Gasteiger partial charge in [0.15, 0.2) is 0 Å². The summed E-state index contributed by atoms with van der Waals surface area (Å²) in [6.45, 7) is 4.95. The molecule has 0 aromatic heterocycles. The van der Waals surface area contributed by atoms with Crippen LogP contribution < -0.4 is 15.4 Å². The van der Waals surface area contributed by atoms with E-state index in [9.17, 15) is 0 Å². The van der Waals surface area contributed by atoms with E-state index in [4.69, 9.17) is 10.5 Å². The van der Waals surface area contributed by atoms with Crippen LogP contribution in [-0.2, 0) is 0 Å². The van der Waals surface area contributed by atoms with Gasteiger partial charge in [-0.1, -0.05) is 19.3 Å². The number of hydrogen-bond acceptors (Lipinski definition) is 3. The minimum atomic E-state index is 0.683. The Labute approximate surface area is 110 Å². The van der Waals surface area contributed by atoms with Crippen LogP contribution in [0.15, 0.2) is 18.2 Å². The summed E-state index contributed by atoms with van der Waals surface area (Å²) in [6, 6.07) is 6.07. The molecule has 2 N–H and O–H groups in total. The van der Waals surface area contributed by atoms with E-state index < -0.39 is 0 Å². The van der Waals surface area contributed by atoms with Gasteiger partial charge in [-0.2, -0.15) is 0 Å². The summed E-state index contributed by atoms with van der Waals surface area (Å²) < 4.78 is 5.57. The number of anilines is 2. The predicted octanol–water partition coefficient (Wildman–Crippen LogP) is 3.44. The molecule has 0 bridgehead atoms. The molecule has 0 aliphatic carbocycles. The van der Waals surface area contributed by atoms with Gasteiger partial charge in [0.25, 0.3) is 0 Å². The summed E-state index contributed by atoms with van der Waals surface area (Å²) in [6.07, 6.45) is 6.63. The van der Waals surface area contributed by atoms with Crippen LogP contribution in [0.25, 0.3) is 0 Å². The Morgan fingerprint density at radius 1 is 1.06 bits per heavy atom. The number of nitrogens with zero attached hydrogens (tertiary/aromatic N) is 1. The van der Waals surface area contributed by atoms with Crippen LogP contribution in [0.3, 0.4) is 0 Å². The first-order chi connectivity index (χ1) is 8.79. The molecule has 0 atom stereocenters. The molecule has 1 aliphatic rings. The second kappa shape index (κ2) is 6.53. The molecule has 1 saturated heterocycles. The van der Waals surface area contributed by atoms with E-state index in [1.807, 2.05) is 13.0 Å². The van der Waals surface area contributed by atoms with E-state index >= 15 is 0 Å². The Bertz CT molecular complexity index is 371. The lowest BCUT2D eigenvalue weighted by Crippen LogP contribution is -2.27. The van der Waals surface area contributed by atoms with E-state index in [1.165, 1.54) is 37.8 Å². The maximum Gasteiger partial charge on any atom is 0.123 e. The predicted molar refractivity (Wildman–Crippen MR) is 77.3 cm³/mol. The van der Waals surface area contributed by atoms with Crippen molar-refractivity contribution in [3.8, 4) is 5.75 Å². The zero-order chi connectivity index (χ0) is 12.8. The normalized spacial score (nSPS) is 17.1. The quantitative estimate of drug-likeness (QED) is 0.833. The van der Waals surface area contributed by atoms with Crippen molar-refractivity contribution in [1.29, 1.82) is 0 Å². The third kappa shape index (κ3) is 3.56. The molecule has 1 aliphatic heterocycles. The van der Waals surface area contributed by atoms with Crippen molar-refractivity contribution in [3.05, 3.63) is 18.2 Å². The van der Waals surface area contributed by atoms with Crippen LogP contribution in [0, 0.1) is 0 Å². The summed E-state index contributed by atoms with van der Waals surface area (Å²) in [4.78, 5) is 2.44. The van der Waals surface area contributed by atoms with Gasteiger partial charge in [0.05, 0.1) is 6.61 Å². The highest BCUT2D eigenvalue weighted by molar-refractivity contribution is 5.60. The maximum absolute atomic E-state index is 5.96. The van der Waals surface area contributed by atoms with Crippen LogP contribution in [0.2, 0.25) is 0 Å². The fourth-order valence-corrected chi connectivity index (χ4v) is 2.54. The average Bonchev–Trinajstić information content (AvgIpc) is 2.27. The Kier molecular flexibility index (Phi) is 4.73. The maximum atomic E-state index is 5.96. The molecule has 1 fully saturated rings. The number of nitrogens with two attached hydrogens (primary N) is 1. The van der Waals surface area contributed by atoms with Crippen LogP contribution in [0.1, 0.15) is 39.0 Å². The molecule has 3 nitrogen and oxygen atoms in total. The Balaban J connectivity index is 2.14. The molecule has 3 heteroatoms. The van der Waals surface area contributed by atoms with Crippen LogP contribution in [0.4, 0.5) is 11.4 Å². The highest BCUT2D eigenvalue weighted by Crippen LogP contribution is 2.27. The van der Waals surface area contributed by atoms with Crippen molar-refractivity contribution in [3.63, 3.8) is 0 Å². The van der Waals surface area contributed by atoms with Crippen LogP contribution in [0.5, 0.6) is 5.75 Å². The van der Waals surface area contributed by atoms with Crippen molar-refractivity contribution in [2.24, 2.45) is 0 Å².